The Bertz CT molecular complexity index is 343. The summed E-state index contributed by atoms with van der Waals surface area (Å²) in [5.74, 6) is 0. The van der Waals surface area contributed by atoms with Crippen LogP contribution in [-0.4, -0.2) is 35.6 Å². The van der Waals surface area contributed by atoms with E-state index in [-0.39, 0.29) is 0 Å². The predicted octanol–water partition coefficient (Wildman–Crippen LogP) is 1.62. The summed E-state index contributed by atoms with van der Waals surface area (Å²) in [7, 11) is 0. The van der Waals surface area contributed by atoms with E-state index >= 15 is 0 Å². The van der Waals surface area contributed by atoms with E-state index < -0.39 is 37.9 Å². The Balaban J connectivity index is 2.77. The third-order valence-electron chi connectivity index (χ3n) is 2.60. The summed E-state index contributed by atoms with van der Waals surface area (Å²) in [5.41, 5.74) is 0.576. The van der Waals surface area contributed by atoms with E-state index in [1.54, 1.807) is 30.3 Å². The molecule has 0 saturated heterocycles. The fourth-order valence-corrected chi connectivity index (χ4v) is 1.65. The van der Waals surface area contributed by atoms with Crippen LogP contribution < -0.4 is 5.32 Å². The second kappa shape index (κ2) is 6.72. The Kier molecular flexibility index (Phi) is 5.58. The third kappa shape index (κ3) is 4.29. The first-order valence-electron chi connectivity index (χ1n) is 5.58. The highest BCUT2D eigenvalue weighted by Gasteiger charge is 2.40. The van der Waals surface area contributed by atoms with Gasteiger partial charge in [-0.05, 0) is 12.0 Å². The summed E-state index contributed by atoms with van der Waals surface area (Å²) < 4.78 is 38.0. The van der Waals surface area contributed by atoms with Gasteiger partial charge in [-0.3, -0.25) is 5.32 Å². The number of aliphatic hydroxyl groups is 2. The number of alkyl halides is 3. The van der Waals surface area contributed by atoms with Crippen molar-refractivity contribution in [1.29, 1.82) is 0 Å². The average Bonchev–Trinajstić information content (AvgIpc) is 2.34. The fraction of sp³-hybridized carbons (Fsp3) is 0.500. The van der Waals surface area contributed by atoms with Crippen molar-refractivity contribution in [3.63, 3.8) is 0 Å². The molecule has 3 N–H and O–H groups in total. The molecule has 0 aliphatic carbocycles. The first-order valence-corrected chi connectivity index (χ1v) is 5.58. The highest BCUT2D eigenvalue weighted by molar-refractivity contribution is 5.19. The molecular formula is C12H16F3NO2. The van der Waals surface area contributed by atoms with E-state index in [4.69, 9.17) is 10.2 Å². The maximum absolute atomic E-state index is 12.7. The molecule has 2 atom stereocenters. The van der Waals surface area contributed by atoms with Gasteiger partial charge in [-0.2, -0.15) is 13.2 Å². The van der Waals surface area contributed by atoms with Gasteiger partial charge in [0.05, 0.1) is 12.6 Å². The van der Waals surface area contributed by atoms with Crippen LogP contribution in [0.25, 0.3) is 0 Å². The molecule has 0 fully saturated rings. The molecule has 0 aromatic heterocycles. The lowest BCUT2D eigenvalue weighted by atomic mass is 10.1. The van der Waals surface area contributed by atoms with Gasteiger partial charge >= 0.3 is 6.18 Å². The Morgan fingerprint density at radius 1 is 1.11 bits per heavy atom. The van der Waals surface area contributed by atoms with Crippen LogP contribution in [0.4, 0.5) is 13.2 Å². The van der Waals surface area contributed by atoms with Crippen LogP contribution in [0.3, 0.4) is 0 Å². The maximum Gasteiger partial charge on any atom is 0.403 e. The van der Waals surface area contributed by atoms with Gasteiger partial charge in [-0.15, -0.1) is 0 Å². The standard InChI is InChI=1S/C12H16F3NO2/c13-12(14,15)11(6-7-17)16-10(8-18)9-4-2-1-3-5-9/h1-5,10-11,16-18H,6-8H2/t10-,11+/m0/s1. The predicted molar refractivity (Wildman–Crippen MR) is 61.0 cm³/mol. The summed E-state index contributed by atoms with van der Waals surface area (Å²) in [6.07, 6.45) is -4.89. The van der Waals surface area contributed by atoms with Gasteiger partial charge in [-0.25, -0.2) is 0 Å². The summed E-state index contributed by atoms with van der Waals surface area (Å²) in [6, 6.07) is 5.76. The van der Waals surface area contributed by atoms with Crippen molar-refractivity contribution in [1.82, 2.24) is 5.32 Å². The van der Waals surface area contributed by atoms with E-state index in [2.05, 4.69) is 5.32 Å². The van der Waals surface area contributed by atoms with E-state index in [1.807, 2.05) is 0 Å². The molecule has 1 aromatic rings. The van der Waals surface area contributed by atoms with Crippen LogP contribution in [0, 0.1) is 0 Å². The molecule has 0 unspecified atom stereocenters. The number of benzene rings is 1. The number of hydrogen-bond acceptors (Lipinski definition) is 3. The zero-order valence-electron chi connectivity index (χ0n) is 9.69. The van der Waals surface area contributed by atoms with Crippen molar-refractivity contribution < 1.29 is 23.4 Å². The highest BCUT2D eigenvalue weighted by Crippen LogP contribution is 2.25. The van der Waals surface area contributed by atoms with Crippen molar-refractivity contribution >= 4 is 0 Å². The lowest BCUT2D eigenvalue weighted by Gasteiger charge is -2.26. The monoisotopic (exact) mass is 263 g/mol. The van der Waals surface area contributed by atoms with E-state index in [9.17, 15) is 13.2 Å². The zero-order valence-corrected chi connectivity index (χ0v) is 9.69. The molecule has 6 heteroatoms. The largest absolute Gasteiger partial charge is 0.403 e. The second-order valence-corrected chi connectivity index (χ2v) is 3.92. The van der Waals surface area contributed by atoms with Crippen molar-refractivity contribution in [3.05, 3.63) is 35.9 Å². The van der Waals surface area contributed by atoms with Gasteiger partial charge in [0, 0.05) is 6.61 Å². The van der Waals surface area contributed by atoms with Gasteiger partial charge in [-0.1, -0.05) is 30.3 Å². The molecule has 0 aliphatic rings. The van der Waals surface area contributed by atoms with Crippen LogP contribution in [0.15, 0.2) is 30.3 Å². The van der Waals surface area contributed by atoms with Crippen molar-refractivity contribution in [2.45, 2.75) is 24.7 Å². The quantitative estimate of drug-likeness (QED) is 0.731. The number of nitrogens with one attached hydrogen (secondary N) is 1. The molecule has 0 amide bonds. The minimum atomic E-state index is -4.45. The Morgan fingerprint density at radius 2 is 1.72 bits per heavy atom. The number of aliphatic hydroxyl groups excluding tert-OH is 2. The van der Waals surface area contributed by atoms with E-state index in [0.29, 0.717) is 5.56 Å². The van der Waals surface area contributed by atoms with Crippen molar-refractivity contribution in [2.24, 2.45) is 0 Å². The molecule has 0 heterocycles. The third-order valence-corrected chi connectivity index (χ3v) is 2.60. The van der Waals surface area contributed by atoms with Gasteiger partial charge in [0.25, 0.3) is 0 Å². The van der Waals surface area contributed by atoms with E-state index in [1.165, 1.54) is 0 Å². The van der Waals surface area contributed by atoms with Crippen LogP contribution in [0.2, 0.25) is 0 Å². The van der Waals surface area contributed by atoms with E-state index in [0.717, 1.165) is 0 Å². The molecule has 102 valence electrons. The van der Waals surface area contributed by atoms with Crippen LogP contribution in [0.5, 0.6) is 0 Å². The number of hydrogen-bond donors (Lipinski definition) is 3. The first-order chi connectivity index (χ1) is 8.49. The minimum Gasteiger partial charge on any atom is -0.396 e. The average molecular weight is 263 g/mol. The van der Waals surface area contributed by atoms with Gasteiger partial charge in [0.2, 0.25) is 0 Å². The molecule has 1 rings (SSSR count). The Morgan fingerprint density at radius 3 is 2.17 bits per heavy atom. The highest BCUT2D eigenvalue weighted by atomic mass is 19.4. The summed E-state index contributed by atoms with van der Waals surface area (Å²) >= 11 is 0. The number of halogens is 3. The van der Waals surface area contributed by atoms with Crippen LogP contribution in [-0.2, 0) is 0 Å². The molecule has 0 bridgehead atoms. The molecule has 18 heavy (non-hydrogen) atoms. The Labute approximate surface area is 103 Å². The van der Waals surface area contributed by atoms with Gasteiger partial charge in [0.1, 0.15) is 6.04 Å². The molecule has 3 nitrogen and oxygen atoms in total. The Hall–Kier alpha value is -1.11. The molecule has 0 saturated carbocycles. The summed E-state index contributed by atoms with van der Waals surface area (Å²) in [6.45, 7) is -1.01. The van der Waals surface area contributed by atoms with Crippen LogP contribution in [0.1, 0.15) is 18.0 Å². The first kappa shape index (κ1) is 14.9. The fourth-order valence-electron chi connectivity index (χ4n) is 1.65. The van der Waals surface area contributed by atoms with Crippen molar-refractivity contribution in [3.8, 4) is 0 Å². The van der Waals surface area contributed by atoms with Gasteiger partial charge in [0.15, 0.2) is 0 Å². The molecule has 0 spiro atoms. The minimum absolute atomic E-state index is 0.438. The maximum atomic E-state index is 12.7. The lowest BCUT2D eigenvalue weighted by molar-refractivity contribution is -0.161. The molecule has 1 aromatic carbocycles. The summed E-state index contributed by atoms with van der Waals surface area (Å²) in [4.78, 5) is 0. The SMILES string of the molecule is OCC[C@@H](N[C@@H](CO)c1ccccc1)C(F)(F)F. The molecule has 0 radical (unpaired) electrons. The van der Waals surface area contributed by atoms with Gasteiger partial charge < -0.3 is 10.2 Å². The second-order valence-electron chi connectivity index (χ2n) is 3.92. The van der Waals surface area contributed by atoms with Crippen molar-refractivity contribution in [2.75, 3.05) is 13.2 Å². The topological polar surface area (TPSA) is 52.5 Å². The zero-order chi connectivity index (χ0) is 13.6. The smallest absolute Gasteiger partial charge is 0.396 e. The molecular weight excluding hydrogens is 247 g/mol. The summed E-state index contributed by atoms with van der Waals surface area (Å²) in [5, 5.41) is 20.1. The van der Waals surface area contributed by atoms with Crippen LogP contribution >= 0.6 is 0 Å². The molecule has 0 aliphatic heterocycles. The lowest BCUT2D eigenvalue weighted by Crippen LogP contribution is -2.45. The number of rotatable bonds is 6. The normalized spacial score (nSPS) is 15.4.